The van der Waals surface area contributed by atoms with Gasteiger partial charge in [0.25, 0.3) is 0 Å². The molecule has 11 heavy (non-hydrogen) atoms. The van der Waals surface area contributed by atoms with E-state index in [4.69, 9.17) is 5.41 Å². The average molecular weight is 149 g/mol. The third kappa shape index (κ3) is 1.93. The monoisotopic (exact) mass is 149 g/mol. The lowest BCUT2D eigenvalue weighted by Crippen LogP contribution is -1.91. The van der Waals surface area contributed by atoms with Crippen LogP contribution in [0, 0.1) is 10.3 Å². The molecule has 0 unspecified atom stereocenters. The van der Waals surface area contributed by atoms with Gasteiger partial charge in [-0.05, 0) is 12.1 Å². The van der Waals surface area contributed by atoms with Gasteiger partial charge in [0.1, 0.15) is 6.54 Å². The van der Waals surface area contributed by atoms with Gasteiger partial charge in [-0.25, -0.2) is 4.98 Å². The zero-order valence-corrected chi connectivity index (χ0v) is 5.82. The Bertz CT molecular complexity index is 272. The van der Waals surface area contributed by atoms with Crippen molar-refractivity contribution in [2.75, 3.05) is 0 Å². The van der Waals surface area contributed by atoms with Gasteiger partial charge in [0, 0.05) is 6.21 Å². The third-order valence-electron chi connectivity index (χ3n) is 1.20. The summed E-state index contributed by atoms with van der Waals surface area (Å²) in [5.41, 5.74) is 1.15. The van der Waals surface area contributed by atoms with Crippen molar-refractivity contribution in [1.29, 1.82) is 5.41 Å². The predicted octanol–water partition coefficient (Wildman–Crippen LogP) is 1.35. The van der Waals surface area contributed by atoms with Crippen molar-refractivity contribution in [3.63, 3.8) is 0 Å². The van der Waals surface area contributed by atoms with Crippen molar-refractivity contribution >= 4 is 6.21 Å². The van der Waals surface area contributed by atoms with Gasteiger partial charge in [-0.3, -0.25) is 0 Å². The van der Waals surface area contributed by atoms with Gasteiger partial charge in [-0.15, -0.1) is 0 Å². The Morgan fingerprint density at radius 2 is 2.45 bits per heavy atom. The SMILES string of the molecule is N=Cc1cccc(CN=O)n1. The molecule has 1 aromatic rings. The Morgan fingerprint density at radius 3 is 3.09 bits per heavy atom. The van der Waals surface area contributed by atoms with Gasteiger partial charge in [0.2, 0.25) is 0 Å². The van der Waals surface area contributed by atoms with Crippen molar-refractivity contribution in [3.8, 4) is 0 Å². The number of aromatic nitrogens is 1. The van der Waals surface area contributed by atoms with Crippen LogP contribution in [-0.2, 0) is 6.54 Å². The van der Waals surface area contributed by atoms with Crippen LogP contribution in [0.2, 0.25) is 0 Å². The molecule has 0 aromatic carbocycles. The van der Waals surface area contributed by atoms with Gasteiger partial charge < -0.3 is 5.41 Å². The maximum Gasteiger partial charge on any atom is 0.123 e. The Hall–Kier alpha value is -1.58. The second-order valence-corrected chi connectivity index (χ2v) is 1.99. The zero-order valence-electron chi connectivity index (χ0n) is 5.82. The van der Waals surface area contributed by atoms with Crippen LogP contribution in [0.1, 0.15) is 11.4 Å². The predicted molar refractivity (Wildman–Crippen MR) is 41.6 cm³/mol. The summed E-state index contributed by atoms with van der Waals surface area (Å²) in [7, 11) is 0. The average Bonchev–Trinajstić information content (AvgIpc) is 2.06. The second kappa shape index (κ2) is 3.55. The van der Waals surface area contributed by atoms with Gasteiger partial charge in [-0.1, -0.05) is 11.2 Å². The number of rotatable bonds is 3. The quantitative estimate of drug-likeness (QED) is 0.520. The molecule has 0 atom stereocenters. The largest absolute Gasteiger partial charge is 0.307 e. The summed E-state index contributed by atoms with van der Waals surface area (Å²) in [5.74, 6) is 0. The molecule has 0 aliphatic heterocycles. The van der Waals surface area contributed by atoms with Crippen LogP contribution in [0.5, 0.6) is 0 Å². The van der Waals surface area contributed by atoms with Crippen LogP contribution in [0.15, 0.2) is 23.4 Å². The highest BCUT2D eigenvalue weighted by molar-refractivity contribution is 5.73. The highest BCUT2D eigenvalue weighted by Crippen LogP contribution is 1.98. The summed E-state index contributed by atoms with van der Waals surface area (Å²) < 4.78 is 0. The van der Waals surface area contributed by atoms with Crippen molar-refractivity contribution in [2.24, 2.45) is 5.18 Å². The molecular formula is C7H7N3O. The van der Waals surface area contributed by atoms with Crippen molar-refractivity contribution < 1.29 is 0 Å². The van der Waals surface area contributed by atoms with Gasteiger partial charge in [0.15, 0.2) is 0 Å². The van der Waals surface area contributed by atoms with E-state index in [1.807, 2.05) is 0 Å². The lowest BCUT2D eigenvalue weighted by Gasteiger charge is -1.93. The van der Waals surface area contributed by atoms with Crippen LogP contribution in [-0.4, -0.2) is 11.2 Å². The summed E-state index contributed by atoms with van der Waals surface area (Å²) >= 11 is 0. The molecular weight excluding hydrogens is 142 g/mol. The Kier molecular flexibility index (Phi) is 2.43. The van der Waals surface area contributed by atoms with Crippen LogP contribution in [0.3, 0.4) is 0 Å². The van der Waals surface area contributed by atoms with E-state index in [0.717, 1.165) is 6.21 Å². The first kappa shape index (κ1) is 7.53. The Balaban J connectivity index is 2.90. The fraction of sp³-hybridized carbons (Fsp3) is 0.143. The van der Waals surface area contributed by atoms with Gasteiger partial charge in [-0.2, -0.15) is 4.91 Å². The van der Waals surface area contributed by atoms with E-state index in [1.165, 1.54) is 0 Å². The molecule has 0 saturated carbocycles. The van der Waals surface area contributed by atoms with Crippen LogP contribution >= 0.6 is 0 Å². The molecule has 1 rings (SSSR count). The first-order valence-corrected chi connectivity index (χ1v) is 3.12. The summed E-state index contributed by atoms with van der Waals surface area (Å²) in [4.78, 5) is 13.8. The van der Waals surface area contributed by atoms with Crippen molar-refractivity contribution in [2.45, 2.75) is 6.54 Å². The summed E-state index contributed by atoms with van der Waals surface area (Å²) in [6, 6.07) is 5.14. The molecule has 0 amide bonds. The lowest BCUT2D eigenvalue weighted by molar-refractivity contribution is 0.977. The lowest BCUT2D eigenvalue weighted by atomic mass is 10.3. The molecule has 1 aromatic heterocycles. The molecule has 0 radical (unpaired) electrons. The first-order valence-electron chi connectivity index (χ1n) is 3.12. The summed E-state index contributed by atoms with van der Waals surface area (Å²) in [5, 5.41) is 9.57. The maximum absolute atomic E-state index is 9.83. The van der Waals surface area contributed by atoms with E-state index in [1.54, 1.807) is 18.2 Å². The number of hydrogen-bond acceptors (Lipinski definition) is 4. The molecule has 1 N–H and O–H groups in total. The maximum atomic E-state index is 9.83. The highest BCUT2D eigenvalue weighted by atomic mass is 16.3. The van der Waals surface area contributed by atoms with E-state index in [2.05, 4.69) is 10.2 Å². The van der Waals surface area contributed by atoms with E-state index in [9.17, 15) is 4.91 Å². The molecule has 0 aliphatic carbocycles. The molecule has 0 saturated heterocycles. The molecule has 0 bridgehead atoms. The van der Waals surface area contributed by atoms with Crippen molar-refractivity contribution in [3.05, 3.63) is 34.5 Å². The Labute approximate surface area is 63.8 Å². The fourth-order valence-electron chi connectivity index (χ4n) is 0.733. The topological polar surface area (TPSA) is 66.2 Å². The number of hydrogen-bond donors (Lipinski definition) is 1. The molecule has 4 nitrogen and oxygen atoms in total. The smallest absolute Gasteiger partial charge is 0.123 e. The number of nitrogens with one attached hydrogen (secondary N) is 1. The molecule has 0 aliphatic rings. The molecule has 56 valence electrons. The Morgan fingerprint density at radius 1 is 1.64 bits per heavy atom. The number of nitrogens with zero attached hydrogens (tertiary/aromatic N) is 2. The molecule has 4 heteroatoms. The van der Waals surface area contributed by atoms with E-state index < -0.39 is 0 Å². The van der Waals surface area contributed by atoms with Gasteiger partial charge in [0.05, 0.1) is 11.4 Å². The summed E-state index contributed by atoms with van der Waals surface area (Å²) in [6.45, 7) is 0.0711. The van der Waals surface area contributed by atoms with Crippen LogP contribution in [0.4, 0.5) is 0 Å². The molecule has 0 spiro atoms. The van der Waals surface area contributed by atoms with E-state index in [0.29, 0.717) is 11.4 Å². The van der Waals surface area contributed by atoms with Crippen LogP contribution < -0.4 is 0 Å². The zero-order chi connectivity index (χ0) is 8.10. The van der Waals surface area contributed by atoms with E-state index >= 15 is 0 Å². The van der Waals surface area contributed by atoms with Gasteiger partial charge >= 0.3 is 0 Å². The third-order valence-corrected chi connectivity index (χ3v) is 1.20. The summed E-state index contributed by atoms with van der Waals surface area (Å²) in [6.07, 6.45) is 1.13. The second-order valence-electron chi connectivity index (χ2n) is 1.99. The minimum Gasteiger partial charge on any atom is -0.307 e. The normalized spacial score (nSPS) is 9.09. The number of nitroso groups, excluding NO2 is 1. The minimum absolute atomic E-state index is 0.0711. The van der Waals surface area contributed by atoms with Crippen LogP contribution in [0.25, 0.3) is 0 Å². The van der Waals surface area contributed by atoms with Crippen molar-refractivity contribution in [1.82, 2.24) is 4.98 Å². The first-order chi connectivity index (χ1) is 5.36. The fourth-order valence-corrected chi connectivity index (χ4v) is 0.733. The van der Waals surface area contributed by atoms with E-state index in [-0.39, 0.29) is 6.54 Å². The minimum atomic E-state index is 0.0711. The molecule has 0 fully saturated rings. The molecule has 1 heterocycles. The highest BCUT2D eigenvalue weighted by Gasteiger charge is 1.93. The standard InChI is InChI=1S/C7H7N3O/c8-4-6-2-1-3-7(10-6)5-9-11/h1-4,8H,5H2. The number of pyridine rings is 1.